The lowest BCUT2D eigenvalue weighted by atomic mass is 10.3. The van der Waals surface area contributed by atoms with Crippen LogP contribution < -0.4 is 5.32 Å². The van der Waals surface area contributed by atoms with E-state index in [9.17, 15) is 8.42 Å². The van der Waals surface area contributed by atoms with Gasteiger partial charge in [-0.3, -0.25) is 0 Å². The fourth-order valence-electron chi connectivity index (χ4n) is 2.43. The molecule has 0 unspecified atom stereocenters. The molecule has 6 heteroatoms. The topological polar surface area (TPSA) is 49.4 Å². The van der Waals surface area contributed by atoms with Crippen molar-refractivity contribution in [2.75, 3.05) is 6.54 Å². The fourth-order valence-corrected chi connectivity index (χ4v) is 5.37. The molecule has 0 aromatic carbocycles. The van der Waals surface area contributed by atoms with Crippen molar-refractivity contribution < 1.29 is 8.42 Å². The number of rotatable bonds is 9. The Morgan fingerprint density at radius 1 is 1.33 bits per heavy atom. The number of sulfonamides is 1. The normalized spacial score (nSPS) is 19.3. The molecular weight excluding hydrogens is 304 g/mol. The van der Waals surface area contributed by atoms with Crippen LogP contribution in [0.3, 0.4) is 0 Å². The summed E-state index contributed by atoms with van der Waals surface area (Å²) in [5.74, 6) is 0. The summed E-state index contributed by atoms with van der Waals surface area (Å²) < 4.78 is 27.3. The Hall–Kier alpha value is -0.430. The molecule has 0 amide bonds. The molecule has 0 saturated heterocycles. The van der Waals surface area contributed by atoms with Gasteiger partial charge in [0.15, 0.2) is 0 Å². The molecule has 3 rings (SSSR count). The Bertz CT molecular complexity index is 574. The van der Waals surface area contributed by atoms with Crippen LogP contribution in [0, 0.1) is 0 Å². The molecule has 1 N–H and O–H groups in total. The van der Waals surface area contributed by atoms with Gasteiger partial charge < -0.3 is 5.32 Å². The number of hydrogen-bond acceptors (Lipinski definition) is 4. The van der Waals surface area contributed by atoms with Crippen LogP contribution >= 0.6 is 11.3 Å². The second-order valence-corrected chi connectivity index (χ2v) is 8.99. The van der Waals surface area contributed by atoms with E-state index in [-0.39, 0.29) is 6.04 Å². The second-order valence-electron chi connectivity index (χ2n) is 6.10. The van der Waals surface area contributed by atoms with Crippen LogP contribution in [0.5, 0.6) is 0 Å². The SMILES string of the molecule is CCCCN(C1CC1)S(=O)(=O)c1csc(CNC2CC2)c1. The number of nitrogens with zero attached hydrogens (tertiary/aromatic N) is 1. The third-order valence-electron chi connectivity index (χ3n) is 4.06. The lowest BCUT2D eigenvalue weighted by Crippen LogP contribution is -2.33. The van der Waals surface area contributed by atoms with Gasteiger partial charge in [0.2, 0.25) is 10.0 Å². The van der Waals surface area contributed by atoms with Crippen LogP contribution in [0.15, 0.2) is 16.3 Å². The maximum absolute atomic E-state index is 12.8. The Balaban J connectivity index is 1.69. The molecule has 1 aromatic heterocycles. The summed E-state index contributed by atoms with van der Waals surface area (Å²) in [6.07, 6.45) is 6.51. The summed E-state index contributed by atoms with van der Waals surface area (Å²) in [5.41, 5.74) is 0. The van der Waals surface area contributed by atoms with E-state index >= 15 is 0 Å². The van der Waals surface area contributed by atoms with Gasteiger partial charge in [-0.25, -0.2) is 8.42 Å². The standard InChI is InChI=1S/C15H24N2O2S2/c1-2-3-8-17(13-6-7-13)21(18,19)15-9-14(20-11-15)10-16-12-4-5-12/h9,11-13,16H,2-8,10H2,1H3. The molecule has 2 saturated carbocycles. The van der Waals surface area contributed by atoms with Crippen molar-refractivity contribution >= 4 is 21.4 Å². The maximum Gasteiger partial charge on any atom is 0.244 e. The molecule has 1 heterocycles. The van der Waals surface area contributed by atoms with E-state index in [1.807, 2.05) is 6.07 Å². The third kappa shape index (κ3) is 3.86. The van der Waals surface area contributed by atoms with E-state index in [1.54, 1.807) is 21.0 Å². The molecule has 0 radical (unpaired) electrons. The first-order valence-corrected chi connectivity index (χ1v) is 10.3. The second kappa shape index (κ2) is 6.36. The Kier molecular flexibility index (Phi) is 4.69. The molecule has 4 nitrogen and oxygen atoms in total. The summed E-state index contributed by atoms with van der Waals surface area (Å²) in [4.78, 5) is 1.61. The summed E-state index contributed by atoms with van der Waals surface area (Å²) in [6, 6.07) is 2.76. The largest absolute Gasteiger partial charge is 0.309 e. The molecule has 0 bridgehead atoms. The molecular formula is C15H24N2O2S2. The molecule has 21 heavy (non-hydrogen) atoms. The van der Waals surface area contributed by atoms with Crippen LogP contribution in [0.1, 0.15) is 50.3 Å². The van der Waals surface area contributed by atoms with Crippen LogP contribution in [0.25, 0.3) is 0 Å². The van der Waals surface area contributed by atoms with Crippen molar-refractivity contribution in [3.63, 3.8) is 0 Å². The minimum atomic E-state index is -3.30. The van der Waals surface area contributed by atoms with Crippen LogP contribution in [0.4, 0.5) is 0 Å². The lowest BCUT2D eigenvalue weighted by Gasteiger charge is -2.20. The summed E-state index contributed by atoms with van der Waals surface area (Å²) in [7, 11) is -3.30. The monoisotopic (exact) mass is 328 g/mol. The molecule has 0 atom stereocenters. The van der Waals surface area contributed by atoms with Gasteiger partial charge in [-0.15, -0.1) is 11.3 Å². The van der Waals surface area contributed by atoms with Gasteiger partial charge >= 0.3 is 0 Å². The summed E-state index contributed by atoms with van der Waals surface area (Å²) in [5, 5.41) is 5.24. The van der Waals surface area contributed by atoms with Gasteiger partial charge in [0.05, 0.1) is 4.90 Å². The Morgan fingerprint density at radius 2 is 2.10 bits per heavy atom. The predicted octanol–water partition coefficient (Wildman–Crippen LogP) is 2.95. The van der Waals surface area contributed by atoms with Gasteiger partial charge in [0.25, 0.3) is 0 Å². The zero-order chi connectivity index (χ0) is 14.9. The highest BCUT2D eigenvalue weighted by molar-refractivity contribution is 7.89. The van der Waals surface area contributed by atoms with Crippen molar-refractivity contribution in [1.29, 1.82) is 0 Å². The van der Waals surface area contributed by atoms with E-state index in [4.69, 9.17) is 0 Å². The molecule has 2 aliphatic rings. The molecule has 118 valence electrons. The number of thiophene rings is 1. The number of nitrogens with one attached hydrogen (secondary N) is 1. The summed E-state index contributed by atoms with van der Waals surface area (Å²) in [6.45, 7) is 3.56. The van der Waals surface area contributed by atoms with Crippen molar-refractivity contribution in [3.8, 4) is 0 Å². The molecule has 0 spiro atoms. The average Bonchev–Trinajstić information content (AvgIpc) is 3.37. The molecule has 2 fully saturated rings. The van der Waals surface area contributed by atoms with Crippen molar-refractivity contribution in [2.45, 2.75) is 69.0 Å². The smallest absolute Gasteiger partial charge is 0.244 e. The predicted molar refractivity (Wildman–Crippen MR) is 86.0 cm³/mol. The Labute approximate surface area is 131 Å². The zero-order valence-corrected chi connectivity index (χ0v) is 14.2. The van der Waals surface area contributed by atoms with Gasteiger partial charge in [0, 0.05) is 35.4 Å². The zero-order valence-electron chi connectivity index (χ0n) is 12.5. The first kappa shape index (κ1) is 15.5. The highest BCUT2D eigenvalue weighted by Crippen LogP contribution is 2.33. The van der Waals surface area contributed by atoms with E-state index < -0.39 is 10.0 Å². The Morgan fingerprint density at radius 3 is 2.71 bits per heavy atom. The lowest BCUT2D eigenvalue weighted by molar-refractivity contribution is 0.396. The van der Waals surface area contributed by atoms with Gasteiger partial charge in [-0.1, -0.05) is 13.3 Å². The van der Waals surface area contributed by atoms with Gasteiger partial charge in [-0.05, 0) is 38.2 Å². The van der Waals surface area contributed by atoms with Crippen molar-refractivity contribution in [3.05, 3.63) is 16.3 Å². The van der Waals surface area contributed by atoms with Crippen molar-refractivity contribution in [1.82, 2.24) is 9.62 Å². The van der Waals surface area contributed by atoms with E-state index in [0.29, 0.717) is 17.5 Å². The van der Waals surface area contributed by atoms with E-state index in [2.05, 4.69) is 12.2 Å². The third-order valence-corrected chi connectivity index (χ3v) is 7.08. The maximum atomic E-state index is 12.8. The van der Waals surface area contributed by atoms with Crippen LogP contribution in [-0.4, -0.2) is 31.4 Å². The molecule has 1 aromatic rings. The highest BCUT2D eigenvalue weighted by atomic mass is 32.2. The number of hydrogen-bond donors (Lipinski definition) is 1. The van der Waals surface area contributed by atoms with Crippen LogP contribution in [-0.2, 0) is 16.6 Å². The van der Waals surface area contributed by atoms with Crippen molar-refractivity contribution in [2.24, 2.45) is 0 Å². The summed E-state index contributed by atoms with van der Waals surface area (Å²) >= 11 is 1.55. The van der Waals surface area contributed by atoms with Gasteiger partial charge in [0.1, 0.15) is 0 Å². The quantitative estimate of drug-likeness (QED) is 0.758. The fraction of sp³-hybridized carbons (Fsp3) is 0.733. The van der Waals surface area contributed by atoms with Gasteiger partial charge in [-0.2, -0.15) is 4.31 Å². The first-order valence-electron chi connectivity index (χ1n) is 7.94. The minimum absolute atomic E-state index is 0.245. The molecule has 2 aliphatic carbocycles. The van der Waals surface area contributed by atoms with Crippen LogP contribution in [0.2, 0.25) is 0 Å². The first-order chi connectivity index (χ1) is 10.1. The molecule has 0 aliphatic heterocycles. The highest BCUT2D eigenvalue weighted by Gasteiger charge is 2.37. The average molecular weight is 329 g/mol. The van der Waals surface area contributed by atoms with E-state index in [1.165, 1.54) is 12.8 Å². The number of unbranched alkanes of at least 4 members (excludes halogenated alkanes) is 1. The minimum Gasteiger partial charge on any atom is -0.309 e. The van der Waals surface area contributed by atoms with E-state index in [0.717, 1.165) is 37.1 Å².